The molecule has 6 heteroatoms. The minimum atomic E-state index is -2.46. The lowest BCUT2D eigenvalue weighted by molar-refractivity contribution is -0.0454. The zero-order valence-electron chi connectivity index (χ0n) is 12.6. The van der Waals surface area contributed by atoms with Crippen LogP contribution in [0, 0.1) is 5.92 Å². The number of carbonyl (C=O) groups excluding carboxylic acids is 1. The summed E-state index contributed by atoms with van der Waals surface area (Å²) in [5, 5.41) is 5.83. The van der Waals surface area contributed by atoms with Gasteiger partial charge in [0.1, 0.15) is 5.60 Å². The first-order valence-corrected chi connectivity index (χ1v) is 7.23. The van der Waals surface area contributed by atoms with E-state index in [-0.39, 0.29) is 12.8 Å². The van der Waals surface area contributed by atoms with Gasteiger partial charge in [0, 0.05) is 25.9 Å². The molecule has 2 N–H and O–H groups in total. The highest BCUT2D eigenvalue weighted by Gasteiger charge is 2.34. The number of nitrogens with one attached hydrogen (secondary N) is 2. The number of hydrogen-bond donors (Lipinski definition) is 2. The molecule has 1 aliphatic carbocycles. The average Bonchev–Trinajstić information content (AvgIpc) is 2.28. The summed E-state index contributed by atoms with van der Waals surface area (Å²) in [4.78, 5) is 11.4. The van der Waals surface area contributed by atoms with Crippen molar-refractivity contribution in [3.8, 4) is 0 Å². The molecule has 1 aliphatic rings. The zero-order chi connectivity index (χ0) is 15.2. The lowest BCUT2D eigenvalue weighted by Crippen LogP contribution is -2.38. The molecular weight excluding hydrogens is 266 g/mol. The van der Waals surface area contributed by atoms with E-state index in [1.807, 2.05) is 20.8 Å². The lowest BCUT2D eigenvalue weighted by Gasteiger charge is -2.28. The van der Waals surface area contributed by atoms with Crippen molar-refractivity contribution in [1.82, 2.24) is 10.6 Å². The van der Waals surface area contributed by atoms with Gasteiger partial charge in [-0.2, -0.15) is 0 Å². The monoisotopic (exact) mass is 292 g/mol. The first-order valence-electron chi connectivity index (χ1n) is 7.23. The van der Waals surface area contributed by atoms with Crippen LogP contribution in [-0.4, -0.2) is 37.3 Å². The number of alkyl halides is 2. The molecule has 1 saturated carbocycles. The van der Waals surface area contributed by atoms with Gasteiger partial charge in [0.2, 0.25) is 5.92 Å². The van der Waals surface area contributed by atoms with E-state index in [2.05, 4.69) is 10.6 Å². The summed E-state index contributed by atoms with van der Waals surface area (Å²) in [6, 6.07) is 0. The Morgan fingerprint density at radius 3 is 2.40 bits per heavy atom. The first-order chi connectivity index (χ1) is 9.18. The Balaban J connectivity index is 2.02. The van der Waals surface area contributed by atoms with Crippen molar-refractivity contribution in [2.45, 2.75) is 58.0 Å². The van der Waals surface area contributed by atoms with Crippen LogP contribution in [0.2, 0.25) is 0 Å². The minimum absolute atomic E-state index is 0.00446. The molecule has 0 aromatic heterocycles. The topological polar surface area (TPSA) is 50.4 Å². The maximum atomic E-state index is 13.0. The Morgan fingerprint density at radius 2 is 1.85 bits per heavy atom. The van der Waals surface area contributed by atoms with Crippen molar-refractivity contribution in [2.75, 3.05) is 19.6 Å². The second-order valence-electron chi connectivity index (χ2n) is 6.43. The van der Waals surface area contributed by atoms with E-state index >= 15 is 0 Å². The lowest BCUT2D eigenvalue weighted by atomic mass is 9.87. The summed E-state index contributed by atoms with van der Waals surface area (Å²) in [7, 11) is 0. The van der Waals surface area contributed by atoms with Gasteiger partial charge in [-0.05, 0) is 46.1 Å². The van der Waals surface area contributed by atoms with Crippen molar-refractivity contribution in [2.24, 2.45) is 5.92 Å². The van der Waals surface area contributed by atoms with E-state index in [4.69, 9.17) is 4.74 Å². The fourth-order valence-electron chi connectivity index (χ4n) is 2.18. The summed E-state index contributed by atoms with van der Waals surface area (Å²) >= 11 is 0. The summed E-state index contributed by atoms with van der Waals surface area (Å²) in [5.41, 5.74) is -0.495. The van der Waals surface area contributed by atoms with Crippen LogP contribution in [0.4, 0.5) is 13.6 Å². The highest BCUT2D eigenvalue weighted by Crippen LogP contribution is 2.35. The average molecular weight is 292 g/mol. The number of carbonyl (C=O) groups is 1. The van der Waals surface area contributed by atoms with Crippen LogP contribution >= 0.6 is 0 Å². The number of halogens is 2. The van der Waals surface area contributed by atoms with Crippen molar-refractivity contribution in [3.63, 3.8) is 0 Å². The molecule has 0 unspecified atom stereocenters. The largest absolute Gasteiger partial charge is 0.444 e. The van der Waals surface area contributed by atoms with Crippen LogP contribution in [0.3, 0.4) is 0 Å². The molecule has 0 radical (unpaired) electrons. The van der Waals surface area contributed by atoms with Gasteiger partial charge in [0.25, 0.3) is 0 Å². The molecule has 0 bridgehead atoms. The molecule has 20 heavy (non-hydrogen) atoms. The van der Waals surface area contributed by atoms with Crippen molar-refractivity contribution in [1.29, 1.82) is 0 Å². The normalized spacial score (nSPS) is 19.6. The SMILES string of the molecule is CC(C)(C)OC(=O)NCCNCC1CCC(F)(F)CC1. The molecule has 0 aliphatic heterocycles. The summed E-state index contributed by atoms with van der Waals surface area (Å²) < 4.78 is 31.0. The Hall–Kier alpha value is -0.910. The van der Waals surface area contributed by atoms with Gasteiger partial charge in [0.15, 0.2) is 0 Å². The van der Waals surface area contributed by atoms with Crippen LogP contribution in [-0.2, 0) is 4.74 Å². The fraction of sp³-hybridized carbons (Fsp3) is 0.929. The van der Waals surface area contributed by atoms with Crippen molar-refractivity contribution < 1.29 is 18.3 Å². The van der Waals surface area contributed by atoms with E-state index in [1.165, 1.54) is 0 Å². The molecule has 1 fully saturated rings. The van der Waals surface area contributed by atoms with Gasteiger partial charge in [-0.3, -0.25) is 0 Å². The fourth-order valence-corrected chi connectivity index (χ4v) is 2.18. The van der Waals surface area contributed by atoms with E-state index in [1.54, 1.807) is 0 Å². The van der Waals surface area contributed by atoms with Crippen LogP contribution < -0.4 is 10.6 Å². The number of rotatable bonds is 5. The van der Waals surface area contributed by atoms with E-state index < -0.39 is 17.6 Å². The number of hydrogen-bond acceptors (Lipinski definition) is 3. The molecule has 1 amide bonds. The highest BCUT2D eigenvalue weighted by atomic mass is 19.3. The van der Waals surface area contributed by atoms with Crippen molar-refractivity contribution >= 4 is 6.09 Å². The summed E-state index contributed by atoms with van der Waals surface area (Å²) in [5.74, 6) is -2.15. The first kappa shape index (κ1) is 17.1. The Kier molecular flexibility index (Phi) is 6.17. The standard InChI is InChI=1S/C14H26F2N2O2/c1-13(2,3)20-12(19)18-9-8-17-10-11-4-6-14(15,16)7-5-11/h11,17H,4-10H2,1-3H3,(H,18,19). The number of amides is 1. The molecule has 118 valence electrons. The number of ether oxygens (including phenoxy) is 1. The van der Waals surface area contributed by atoms with Crippen LogP contribution in [0.25, 0.3) is 0 Å². The molecule has 0 aromatic rings. The summed E-state index contributed by atoms with van der Waals surface area (Å²) in [6.07, 6.45) is 0.695. The van der Waals surface area contributed by atoms with E-state index in [0.29, 0.717) is 31.8 Å². The third kappa shape index (κ3) is 7.62. The minimum Gasteiger partial charge on any atom is -0.444 e. The smallest absolute Gasteiger partial charge is 0.407 e. The van der Waals surface area contributed by atoms with Crippen LogP contribution in [0.1, 0.15) is 46.5 Å². The molecule has 0 spiro atoms. The van der Waals surface area contributed by atoms with E-state index in [0.717, 1.165) is 6.54 Å². The van der Waals surface area contributed by atoms with Gasteiger partial charge < -0.3 is 15.4 Å². The molecule has 0 heterocycles. The van der Waals surface area contributed by atoms with Crippen LogP contribution in [0.15, 0.2) is 0 Å². The van der Waals surface area contributed by atoms with Gasteiger partial charge in [-0.1, -0.05) is 0 Å². The van der Waals surface area contributed by atoms with Crippen molar-refractivity contribution in [3.05, 3.63) is 0 Å². The zero-order valence-corrected chi connectivity index (χ0v) is 12.6. The van der Waals surface area contributed by atoms with Crippen LogP contribution in [0.5, 0.6) is 0 Å². The quantitative estimate of drug-likeness (QED) is 0.766. The molecular formula is C14H26F2N2O2. The summed E-state index contributed by atoms with van der Waals surface area (Å²) in [6.45, 7) is 7.24. The molecule has 0 aromatic carbocycles. The number of alkyl carbamates (subject to hydrolysis) is 1. The third-order valence-electron chi connectivity index (χ3n) is 3.24. The Bertz CT molecular complexity index is 307. The van der Waals surface area contributed by atoms with Gasteiger partial charge in [0.05, 0.1) is 0 Å². The van der Waals surface area contributed by atoms with Gasteiger partial charge in [-0.15, -0.1) is 0 Å². The molecule has 0 saturated heterocycles. The molecule has 0 atom stereocenters. The van der Waals surface area contributed by atoms with Gasteiger partial charge >= 0.3 is 6.09 Å². The Labute approximate surface area is 119 Å². The molecule has 1 rings (SSSR count). The predicted molar refractivity (Wildman–Crippen MR) is 74.0 cm³/mol. The maximum Gasteiger partial charge on any atom is 0.407 e. The highest BCUT2D eigenvalue weighted by molar-refractivity contribution is 5.67. The predicted octanol–water partition coefficient (Wildman–Crippen LogP) is 2.93. The molecule has 4 nitrogen and oxygen atoms in total. The Morgan fingerprint density at radius 1 is 1.25 bits per heavy atom. The van der Waals surface area contributed by atoms with Gasteiger partial charge in [-0.25, -0.2) is 13.6 Å². The second-order valence-corrected chi connectivity index (χ2v) is 6.43. The third-order valence-corrected chi connectivity index (χ3v) is 3.24. The van der Waals surface area contributed by atoms with E-state index in [9.17, 15) is 13.6 Å². The second kappa shape index (κ2) is 7.20. The maximum absolute atomic E-state index is 13.0.